The Balaban J connectivity index is 1.20. The van der Waals surface area contributed by atoms with Gasteiger partial charge in [-0.05, 0) is 170 Å². The number of benzene rings is 12. The van der Waals surface area contributed by atoms with Crippen molar-refractivity contribution in [3.8, 4) is 61.4 Å². The van der Waals surface area contributed by atoms with Gasteiger partial charge in [0.25, 0.3) is 0 Å². The van der Waals surface area contributed by atoms with E-state index < -0.39 is 0 Å². The molecule has 296 valence electrons. The molecular formula is C62H42O. The van der Waals surface area contributed by atoms with Gasteiger partial charge in [0.1, 0.15) is 5.75 Å². The summed E-state index contributed by atoms with van der Waals surface area (Å²) < 4.78 is 6.44. The van der Waals surface area contributed by atoms with Gasteiger partial charge in [0.15, 0.2) is 0 Å². The van der Waals surface area contributed by atoms with E-state index in [0.29, 0.717) is 0 Å². The van der Waals surface area contributed by atoms with Crippen molar-refractivity contribution < 1.29 is 4.74 Å². The van der Waals surface area contributed by atoms with Crippen LogP contribution in [0.4, 0.5) is 0 Å². The molecule has 63 heavy (non-hydrogen) atoms. The first-order chi connectivity index (χ1) is 31.1. The summed E-state index contributed by atoms with van der Waals surface area (Å²) in [6.07, 6.45) is 0. The highest BCUT2D eigenvalue weighted by Crippen LogP contribution is 2.48. The van der Waals surface area contributed by atoms with Gasteiger partial charge in [-0.2, -0.15) is 0 Å². The Morgan fingerprint density at radius 3 is 0.937 bits per heavy atom. The van der Waals surface area contributed by atoms with Crippen molar-refractivity contribution in [2.45, 2.75) is 6.92 Å². The molecule has 0 bridgehead atoms. The summed E-state index contributed by atoms with van der Waals surface area (Å²) in [5, 5.41) is 14.8. The minimum atomic E-state index is 0.852. The number of fused-ring (bicyclic) bond motifs is 10. The van der Waals surface area contributed by atoms with Crippen molar-refractivity contribution in [3.05, 3.63) is 224 Å². The van der Waals surface area contributed by atoms with Crippen LogP contribution in [-0.4, -0.2) is 7.11 Å². The Morgan fingerprint density at radius 1 is 0.238 bits per heavy atom. The molecule has 12 rings (SSSR count). The number of hydrogen-bond acceptors (Lipinski definition) is 1. The van der Waals surface area contributed by atoms with Crippen LogP contribution >= 0.6 is 0 Å². The van der Waals surface area contributed by atoms with E-state index >= 15 is 0 Å². The van der Waals surface area contributed by atoms with Crippen molar-refractivity contribution in [2.75, 3.05) is 7.11 Å². The fourth-order valence-corrected chi connectivity index (χ4v) is 10.3. The second-order valence-electron chi connectivity index (χ2n) is 16.8. The molecule has 0 fully saturated rings. The van der Waals surface area contributed by atoms with Gasteiger partial charge in [-0.25, -0.2) is 0 Å². The van der Waals surface area contributed by atoms with E-state index in [1.807, 2.05) is 7.11 Å². The lowest BCUT2D eigenvalue weighted by Crippen LogP contribution is -1.95. The minimum Gasteiger partial charge on any atom is -0.496 e. The molecule has 0 N–H and O–H groups in total. The molecule has 0 saturated carbocycles. The molecule has 0 atom stereocenters. The van der Waals surface area contributed by atoms with Crippen LogP contribution in [0.3, 0.4) is 0 Å². The lowest BCUT2D eigenvalue weighted by Gasteiger charge is -2.20. The smallest absolute Gasteiger partial charge is 0.127 e. The Bertz CT molecular complexity index is 3740. The summed E-state index contributed by atoms with van der Waals surface area (Å²) in [5.74, 6) is 0.852. The van der Waals surface area contributed by atoms with Crippen LogP contribution in [0.15, 0.2) is 218 Å². The molecule has 0 aliphatic rings. The van der Waals surface area contributed by atoms with Gasteiger partial charge in [0, 0.05) is 5.56 Å². The van der Waals surface area contributed by atoms with Crippen LogP contribution in [0.25, 0.3) is 120 Å². The van der Waals surface area contributed by atoms with Gasteiger partial charge in [-0.15, -0.1) is 0 Å². The molecule has 0 amide bonds. The van der Waals surface area contributed by atoms with Gasteiger partial charge >= 0.3 is 0 Å². The monoisotopic (exact) mass is 802 g/mol. The second-order valence-corrected chi connectivity index (χ2v) is 16.8. The minimum absolute atomic E-state index is 0.852. The van der Waals surface area contributed by atoms with Gasteiger partial charge in [-0.1, -0.05) is 176 Å². The van der Waals surface area contributed by atoms with Gasteiger partial charge in [0.2, 0.25) is 0 Å². The first-order valence-electron chi connectivity index (χ1n) is 21.8. The van der Waals surface area contributed by atoms with E-state index in [4.69, 9.17) is 4.74 Å². The molecule has 1 nitrogen and oxygen atoms in total. The molecule has 12 aromatic rings. The molecule has 0 radical (unpaired) electrons. The zero-order valence-corrected chi connectivity index (χ0v) is 35.2. The average Bonchev–Trinajstić information content (AvgIpc) is 3.35. The summed E-state index contributed by atoms with van der Waals surface area (Å²) in [6, 6.07) is 80.2. The van der Waals surface area contributed by atoms with Crippen molar-refractivity contribution >= 4 is 64.6 Å². The van der Waals surface area contributed by atoms with Crippen LogP contribution in [0.5, 0.6) is 5.75 Å². The van der Waals surface area contributed by atoms with Crippen molar-refractivity contribution in [3.63, 3.8) is 0 Å². The summed E-state index contributed by atoms with van der Waals surface area (Å²) >= 11 is 0. The zero-order valence-electron chi connectivity index (χ0n) is 35.2. The highest BCUT2D eigenvalue weighted by atomic mass is 16.5. The molecule has 0 heterocycles. The summed E-state index contributed by atoms with van der Waals surface area (Å²) in [4.78, 5) is 0. The Labute approximate surface area is 367 Å². The van der Waals surface area contributed by atoms with Crippen molar-refractivity contribution in [1.29, 1.82) is 0 Å². The molecular weight excluding hydrogens is 761 g/mol. The third-order valence-electron chi connectivity index (χ3n) is 13.2. The number of ether oxygens (including phenoxy) is 1. The molecule has 0 spiro atoms. The fourth-order valence-electron chi connectivity index (χ4n) is 10.3. The van der Waals surface area contributed by atoms with Crippen molar-refractivity contribution in [1.82, 2.24) is 0 Å². The maximum absolute atomic E-state index is 6.44. The lowest BCUT2D eigenvalue weighted by molar-refractivity contribution is 0.417. The van der Waals surface area contributed by atoms with Crippen LogP contribution in [-0.2, 0) is 0 Å². The normalized spacial score (nSPS) is 11.7. The first kappa shape index (κ1) is 36.8. The highest BCUT2D eigenvalue weighted by Gasteiger charge is 2.21. The fraction of sp³-hybridized carbons (Fsp3) is 0.0323. The van der Waals surface area contributed by atoms with E-state index in [1.54, 1.807) is 0 Å². The van der Waals surface area contributed by atoms with E-state index in [1.165, 1.54) is 115 Å². The predicted octanol–water partition coefficient (Wildman–Crippen LogP) is 17.3. The Morgan fingerprint density at radius 2 is 0.524 bits per heavy atom. The Hall–Kier alpha value is -8.00. The third-order valence-corrected chi connectivity index (χ3v) is 13.2. The van der Waals surface area contributed by atoms with Crippen LogP contribution in [0.1, 0.15) is 5.56 Å². The molecule has 12 aromatic carbocycles. The topological polar surface area (TPSA) is 9.23 Å². The molecule has 1 heteroatoms. The average molecular weight is 803 g/mol. The largest absolute Gasteiger partial charge is 0.496 e. The van der Waals surface area contributed by atoms with Crippen LogP contribution in [0.2, 0.25) is 0 Å². The zero-order chi connectivity index (χ0) is 42.0. The number of hydrogen-bond donors (Lipinski definition) is 0. The van der Waals surface area contributed by atoms with E-state index in [2.05, 4.69) is 225 Å². The summed E-state index contributed by atoms with van der Waals surface area (Å²) in [6.45, 7) is 2.26. The van der Waals surface area contributed by atoms with Crippen LogP contribution in [0, 0.1) is 6.92 Å². The predicted molar refractivity (Wildman–Crippen MR) is 270 cm³/mol. The Kier molecular flexibility index (Phi) is 8.69. The highest BCUT2D eigenvalue weighted by molar-refractivity contribution is 6.26. The quantitative estimate of drug-likeness (QED) is 0.152. The van der Waals surface area contributed by atoms with Gasteiger partial charge in [0.05, 0.1) is 7.11 Å². The van der Waals surface area contributed by atoms with Crippen LogP contribution < -0.4 is 4.74 Å². The number of rotatable bonds is 6. The standard InChI is InChI=1S/C62H42O/c1-39-31-53-56(51(42-23-11-5-12-24-42)35-54-46-29-17-15-27-44(46)49(33-57(53)54)40-19-7-3-8-20-40)32-48(39)61-37-59-58-34-50(41-21-9-4-10-22-41)45-28-16-18-30-47(45)55(58)36-52(43-25-13-6-14-26-43)60(59)38-62(61)63-2/h3-38H,1-2H3. The molecule has 0 unspecified atom stereocenters. The van der Waals surface area contributed by atoms with Gasteiger partial charge in [-0.3, -0.25) is 0 Å². The molecule has 0 aromatic heterocycles. The van der Waals surface area contributed by atoms with E-state index in [9.17, 15) is 0 Å². The van der Waals surface area contributed by atoms with E-state index in [-0.39, 0.29) is 0 Å². The molecule has 0 aliphatic heterocycles. The second kappa shape index (κ2) is 14.9. The first-order valence-corrected chi connectivity index (χ1v) is 21.8. The lowest BCUT2D eigenvalue weighted by atomic mass is 9.84. The SMILES string of the molecule is COc1cc2c(-c3ccccc3)cc3c4ccccc4c(-c4ccccc4)cc3c2cc1-c1cc2c(-c3ccccc3)cc3c4ccccc4c(-c4ccccc4)cc3c2cc1C. The maximum Gasteiger partial charge on any atom is 0.127 e. The summed E-state index contributed by atoms with van der Waals surface area (Å²) in [5.41, 5.74) is 13.1. The summed E-state index contributed by atoms with van der Waals surface area (Å²) in [7, 11) is 1.81. The van der Waals surface area contributed by atoms with Crippen molar-refractivity contribution in [2.24, 2.45) is 0 Å². The number of aryl methyl sites for hydroxylation is 1. The maximum atomic E-state index is 6.44. The number of methoxy groups -OCH3 is 1. The molecule has 0 aliphatic carbocycles. The van der Waals surface area contributed by atoms with Gasteiger partial charge < -0.3 is 4.74 Å². The van der Waals surface area contributed by atoms with E-state index in [0.717, 1.165) is 16.9 Å². The third kappa shape index (κ3) is 6.00. The molecule has 0 saturated heterocycles.